The minimum atomic E-state index is -0.404. The molecular formula is C35H46ClN3O4. The lowest BCUT2D eigenvalue weighted by Gasteiger charge is -2.36. The Labute approximate surface area is 260 Å². The molecule has 2 heterocycles. The zero-order valence-corrected chi connectivity index (χ0v) is 26.5. The van der Waals surface area contributed by atoms with Crippen molar-refractivity contribution in [2.24, 2.45) is 0 Å². The molecule has 8 heteroatoms. The molecule has 1 amide bonds. The van der Waals surface area contributed by atoms with Gasteiger partial charge in [0.1, 0.15) is 11.4 Å². The molecule has 2 aromatic carbocycles. The Morgan fingerprint density at radius 2 is 1.81 bits per heavy atom. The zero-order valence-electron chi connectivity index (χ0n) is 25.7. The van der Waals surface area contributed by atoms with Gasteiger partial charge in [-0.2, -0.15) is 0 Å². The van der Waals surface area contributed by atoms with Crippen molar-refractivity contribution >= 4 is 34.1 Å². The molecule has 0 saturated heterocycles. The number of unbranched alkanes of at least 4 members (excludes halogenated alkanes) is 5. The normalized spacial score (nSPS) is 17.6. The average Bonchev–Trinajstić information content (AvgIpc) is 3.00. The number of fused-ring (bicyclic) bond motifs is 3. The third-order valence-electron chi connectivity index (χ3n) is 8.97. The Hall–Kier alpha value is -3.19. The van der Waals surface area contributed by atoms with Gasteiger partial charge in [-0.1, -0.05) is 37.3 Å². The van der Waals surface area contributed by atoms with Crippen LogP contribution < -0.4 is 20.1 Å². The van der Waals surface area contributed by atoms with E-state index >= 15 is 0 Å². The molecule has 2 aliphatic rings. The van der Waals surface area contributed by atoms with E-state index in [4.69, 9.17) is 26.1 Å². The van der Waals surface area contributed by atoms with Gasteiger partial charge in [0, 0.05) is 47.4 Å². The first-order valence-electron chi connectivity index (χ1n) is 16.1. The Morgan fingerprint density at radius 3 is 2.63 bits per heavy atom. The fraction of sp³-hybridized carbons (Fsp3) is 0.543. The van der Waals surface area contributed by atoms with Crippen LogP contribution in [-0.2, 0) is 24.1 Å². The third kappa shape index (κ3) is 8.05. The summed E-state index contributed by atoms with van der Waals surface area (Å²) in [5, 5.41) is 18.8. The SMILES string of the molecule is COc1cc2c(cc1O)CCC(C)(CCC(=O)NCCCCCCCCNc1c3c(nc4cc(Cl)ccc14)CCCC3)O2. The Balaban J connectivity index is 0.945. The summed E-state index contributed by atoms with van der Waals surface area (Å²) in [6.45, 7) is 3.75. The van der Waals surface area contributed by atoms with Crippen LogP contribution in [-0.4, -0.2) is 41.8 Å². The van der Waals surface area contributed by atoms with Gasteiger partial charge in [0.05, 0.1) is 12.6 Å². The molecule has 0 bridgehead atoms. The summed E-state index contributed by atoms with van der Waals surface area (Å²) in [6.07, 6.45) is 14.2. The minimum Gasteiger partial charge on any atom is -0.504 e. The Kier molecular flexibility index (Phi) is 10.6. The van der Waals surface area contributed by atoms with Crippen LogP contribution in [0.25, 0.3) is 10.9 Å². The van der Waals surface area contributed by atoms with Gasteiger partial charge in [0.2, 0.25) is 5.91 Å². The molecule has 1 aliphatic heterocycles. The van der Waals surface area contributed by atoms with Gasteiger partial charge in [-0.25, -0.2) is 0 Å². The lowest BCUT2D eigenvalue weighted by molar-refractivity contribution is -0.122. The van der Waals surface area contributed by atoms with Crippen LogP contribution in [0.4, 0.5) is 5.69 Å². The summed E-state index contributed by atoms with van der Waals surface area (Å²) >= 11 is 6.26. The molecule has 1 atom stereocenters. The van der Waals surface area contributed by atoms with Gasteiger partial charge in [0.25, 0.3) is 0 Å². The predicted octanol–water partition coefficient (Wildman–Crippen LogP) is 7.91. The van der Waals surface area contributed by atoms with Gasteiger partial charge < -0.3 is 25.2 Å². The quantitative estimate of drug-likeness (QED) is 0.161. The van der Waals surface area contributed by atoms with E-state index in [2.05, 4.69) is 23.6 Å². The number of nitrogens with one attached hydrogen (secondary N) is 2. The highest BCUT2D eigenvalue weighted by Gasteiger charge is 2.32. The highest BCUT2D eigenvalue weighted by molar-refractivity contribution is 6.31. The number of aromatic hydroxyl groups is 1. The first-order chi connectivity index (χ1) is 20.8. The number of benzene rings is 2. The third-order valence-corrected chi connectivity index (χ3v) is 9.21. The number of hydrogen-bond acceptors (Lipinski definition) is 6. The number of ether oxygens (including phenoxy) is 2. The van der Waals surface area contributed by atoms with E-state index in [-0.39, 0.29) is 11.7 Å². The fourth-order valence-corrected chi connectivity index (χ4v) is 6.57. The number of carbonyl (C=O) groups is 1. The molecule has 1 unspecified atom stereocenters. The van der Waals surface area contributed by atoms with Crippen molar-refractivity contribution in [2.45, 2.75) is 102 Å². The summed E-state index contributed by atoms with van der Waals surface area (Å²) in [7, 11) is 1.53. The maximum Gasteiger partial charge on any atom is 0.220 e. The second-order valence-electron chi connectivity index (χ2n) is 12.4. The molecule has 5 rings (SSSR count). The number of rotatable bonds is 14. The van der Waals surface area contributed by atoms with Crippen molar-refractivity contribution in [3.8, 4) is 17.2 Å². The van der Waals surface area contributed by atoms with E-state index in [1.807, 2.05) is 12.1 Å². The van der Waals surface area contributed by atoms with E-state index in [0.29, 0.717) is 18.6 Å². The molecular weight excluding hydrogens is 562 g/mol. The number of aromatic nitrogens is 1. The first kappa shape index (κ1) is 31.2. The molecule has 0 fully saturated rings. The van der Waals surface area contributed by atoms with E-state index < -0.39 is 5.60 Å². The van der Waals surface area contributed by atoms with Gasteiger partial charge in [-0.3, -0.25) is 9.78 Å². The Bertz CT molecular complexity index is 1430. The lowest BCUT2D eigenvalue weighted by atomic mass is 9.88. The summed E-state index contributed by atoms with van der Waals surface area (Å²) in [5.74, 6) is 1.34. The fourth-order valence-electron chi connectivity index (χ4n) is 6.40. The summed E-state index contributed by atoms with van der Waals surface area (Å²) in [5.41, 5.74) is 5.47. The molecule has 3 aromatic rings. The number of carbonyl (C=O) groups excluding carboxylic acids is 1. The van der Waals surface area contributed by atoms with Gasteiger partial charge in [0.15, 0.2) is 11.5 Å². The molecule has 0 radical (unpaired) electrons. The van der Waals surface area contributed by atoms with Crippen LogP contribution in [0.3, 0.4) is 0 Å². The van der Waals surface area contributed by atoms with Crippen LogP contribution in [0, 0.1) is 0 Å². The van der Waals surface area contributed by atoms with Crippen molar-refractivity contribution in [1.29, 1.82) is 0 Å². The van der Waals surface area contributed by atoms with Crippen LogP contribution in [0.2, 0.25) is 5.02 Å². The maximum atomic E-state index is 12.5. The summed E-state index contributed by atoms with van der Waals surface area (Å²) in [6, 6.07) is 9.50. The van der Waals surface area contributed by atoms with E-state index in [1.54, 1.807) is 12.1 Å². The van der Waals surface area contributed by atoms with Crippen molar-refractivity contribution in [2.75, 3.05) is 25.5 Å². The molecule has 1 aliphatic carbocycles. The number of nitrogens with zero attached hydrogens (tertiary/aromatic N) is 1. The van der Waals surface area contributed by atoms with E-state index in [1.165, 1.54) is 61.5 Å². The average molecular weight is 608 g/mol. The van der Waals surface area contributed by atoms with Crippen LogP contribution in [0.5, 0.6) is 17.2 Å². The monoisotopic (exact) mass is 607 g/mol. The molecule has 232 valence electrons. The minimum absolute atomic E-state index is 0.0816. The van der Waals surface area contributed by atoms with Gasteiger partial charge in [-0.15, -0.1) is 0 Å². The largest absolute Gasteiger partial charge is 0.504 e. The van der Waals surface area contributed by atoms with Crippen LogP contribution in [0.1, 0.15) is 94.4 Å². The van der Waals surface area contributed by atoms with Crippen molar-refractivity contribution in [3.05, 3.63) is 52.2 Å². The number of methoxy groups -OCH3 is 1. The number of pyridine rings is 1. The molecule has 7 nitrogen and oxygen atoms in total. The molecule has 0 saturated carbocycles. The number of aryl methyl sites for hydroxylation is 2. The summed E-state index contributed by atoms with van der Waals surface area (Å²) in [4.78, 5) is 17.4. The highest BCUT2D eigenvalue weighted by Crippen LogP contribution is 2.41. The standard InChI is InChI=1S/C35H46ClN3O4/c1-35(17-15-24-21-30(40)32(42-2)23-31(24)43-35)18-16-33(41)37-19-9-5-3-4-6-10-20-38-34-26-11-7-8-12-28(26)39-29-22-25(36)13-14-27(29)34/h13-14,21-23,40H,3-12,15-20H2,1-2H3,(H,37,41)(H,38,39). The second kappa shape index (κ2) is 14.5. The van der Waals surface area contributed by atoms with Crippen molar-refractivity contribution in [3.63, 3.8) is 0 Å². The topological polar surface area (TPSA) is 92.7 Å². The number of hydrogen-bond donors (Lipinski definition) is 3. The lowest BCUT2D eigenvalue weighted by Crippen LogP contribution is -2.38. The molecule has 3 N–H and O–H groups in total. The smallest absolute Gasteiger partial charge is 0.220 e. The van der Waals surface area contributed by atoms with Gasteiger partial charge >= 0.3 is 0 Å². The number of phenols is 1. The number of halogens is 1. The van der Waals surface area contributed by atoms with Crippen LogP contribution in [0.15, 0.2) is 30.3 Å². The molecule has 43 heavy (non-hydrogen) atoms. The highest BCUT2D eigenvalue weighted by atomic mass is 35.5. The van der Waals surface area contributed by atoms with Crippen molar-refractivity contribution < 1.29 is 19.4 Å². The Morgan fingerprint density at radius 1 is 1.05 bits per heavy atom. The van der Waals surface area contributed by atoms with Gasteiger partial charge in [-0.05, 0) is 100 Å². The van der Waals surface area contributed by atoms with E-state index in [9.17, 15) is 9.90 Å². The van der Waals surface area contributed by atoms with Crippen LogP contribution >= 0.6 is 11.6 Å². The zero-order chi connectivity index (χ0) is 30.2. The molecule has 1 aromatic heterocycles. The number of amides is 1. The number of anilines is 1. The summed E-state index contributed by atoms with van der Waals surface area (Å²) < 4.78 is 11.5. The molecule has 0 spiro atoms. The second-order valence-corrected chi connectivity index (χ2v) is 12.8. The van der Waals surface area contributed by atoms with E-state index in [0.717, 1.165) is 79.9 Å². The number of phenolic OH excluding ortho intramolecular Hbond substituents is 1. The predicted molar refractivity (Wildman–Crippen MR) is 174 cm³/mol. The van der Waals surface area contributed by atoms with Crippen molar-refractivity contribution in [1.82, 2.24) is 10.3 Å². The first-order valence-corrected chi connectivity index (χ1v) is 16.4. The maximum absolute atomic E-state index is 12.5.